The molecule has 3 heterocycles. The lowest BCUT2D eigenvalue weighted by Crippen LogP contribution is -2.45. The highest BCUT2D eigenvalue weighted by atomic mass is 35.5. The van der Waals surface area contributed by atoms with E-state index in [-0.39, 0.29) is 30.2 Å². The molecule has 0 fully saturated rings. The summed E-state index contributed by atoms with van der Waals surface area (Å²) < 4.78 is 15.6. The Morgan fingerprint density at radius 2 is 2.15 bits per heavy atom. The van der Waals surface area contributed by atoms with Gasteiger partial charge in [-0.15, -0.1) is 0 Å². The van der Waals surface area contributed by atoms with Crippen LogP contribution in [-0.2, 0) is 13.0 Å². The lowest BCUT2D eigenvalue weighted by molar-refractivity contribution is 0.176. The Bertz CT molecular complexity index is 1150. The van der Waals surface area contributed by atoms with E-state index in [1.54, 1.807) is 23.4 Å². The first kappa shape index (κ1) is 22.9. The zero-order valence-corrected chi connectivity index (χ0v) is 19.1. The minimum atomic E-state index is -0.760. The van der Waals surface area contributed by atoms with Crippen LogP contribution in [0.1, 0.15) is 42.8 Å². The molecule has 11 heteroatoms. The van der Waals surface area contributed by atoms with E-state index in [2.05, 4.69) is 25.7 Å². The average Bonchev–Trinajstić information content (AvgIpc) is 3.27. The highest BCUT2D eigenvalue weighted by Gasteiger charge is 2.25. The van der Waals surface area contributed by atoms with Crippen molar-refractivity contribution in [2.24, 2.45) is 0 Å². The number of hydrogen-bond acceptors (Lipinski definition) is 6. The van der Waals surface area contributed by atoms with E-state index < -0.39 is 11.9 Å². The molecule has 1 aliphatic heterocycles. The fraction of sp³-hybridized carbons (Fsp3) is 0.364. The number of aromatic nitrogens is 4. The lowest BCUT2D eigenvalue weighted by atomic mass is 10.1. The summed E-state index contributed by atoms with van der Waals surface area (Å²) in [4.78, 5) is 23.5. The van der Waals surface area contributed by atoms with Crippen LogP contribution >= 0.6 is 11.6 Å². The van der Waals surface area contributed by atoms with Crippen LogP contribution in [0.3, 0.4) is 0 Å². The zero-order chi connectivity index (χ0) is 23.5. The second-order valence-corrected chi connectivity index (χ2v) is 8.48. The Kier molecular flexibility index (Phi) is 6.75. The zero-order valence-electron chi connectivity index (χ0n) is 18.3. The molecule has 0 aliphatic carbocycles. The molecular formula is C22H25ClFN7O2. The number of nitrogens with one attached hydrogen (secondary N) is 2. The largest absolute Gasteiger partial charge is 0.394 e. The molecule has 3 N–H and O–H groups in total. The molecule has 1 atom stereocenters. The molecule has 0 bridgehead atoms. The molecule has 1 aliphatic rings. The Labute approximate surface area is 195 Å². The van der Waals surface area contributed by atoms with E-state index in [0.29, 0.717) is 24.5 Å². The third-order valence-corrected chi connectivity index (χ3v) is 5.77. The minimum absolute atomic E-state index is 0.0186. The van der Waals surface area contributed by atoms with Gasteiger partial charge in [0.2, 0.25) is 5.95 Å². The van der Waals surface area contributed by atoms with Gasteiger partial charge in [0.05, 0.1) is 36.1 Å². The summed E-state index contributed by atoms with van der Waals surface area (Å²) >= 11 is 5.73. The van der Waals surface area contributed by atoms with Crippen molar-refractivity contribution in [1.29, 1.82) is 0 Å². The molecule has 0 radical (unpaired) electrons. The molecule has 2 amide bonds. The van der Waals surface area contributed by atoms with Gasteiger partial charge in [-0.05, 0) is 43.5 Å². The van der Waals surface area contributed by atoms with Crippen molar-refractivity contribution in [3.63, 3.8) is 0 Å². The van der Waals surface area contributed by atoms with Crippen LogP contribution in [0.5, 0.6) is 0 Å². The molecule has 0 spiro atoms. The van der Waals surface area contributed by atoms with Crippen LogP contribution in [0.25, 0.3) is 0 Å². The van der Waals surface area contributed by atoms with Gasteiger partial charge in [-0.3, -0.25) is 0 Å². The summed E-state index contributed by atoms with van der Waals surface area (Å²) in [5, 5.41) is 20.0. The van der Waals surface area contributed by atoms with E-state index in [4.69, 9.17) is 11.6 Å². The van der Waals surface area contributed by atoms with Gasteiger partial charge in [0, 0.05) is 24.8 Å². The maximum Gasteiger partial charge on any atom is 0.318 e. The molecule has 3 aromatic rings. The number of amides is 2. The van der Waals surface area contributed by atoms with Crippen LogP contribution < -0.4 is 10.6 Å². The second-order valence-electron chi connectivity index (χ2n) is 8.08. The molecule has 0 saturated heterocycles. The molecule has 0 saturated carbocycles. The normalized spacial score (nSPS) is 14.2. The smallest absolute Gasteiger partial charge is 0.318 e. The van der Waals surface area contributed by atoms with Gasteiger partial charge < -0.3 is 20.6 Å². The van der Waals surface area contributed by atoms with Crippen molar-refractivity contribution >= 4 is 29.4 Å². The number of benzene rings is 1. The number of carbonyl (C=O) groups is 1. The Balaban J connectivity index is 1.46. The maximum atomic E-state index is 13.8. The van der Waals surface area contributed by atoms with Crippen molar-refractivity contribution in [3.05, 3.63) is 64.3 Å². The van der Waals surface area contributed by atoms with Gasteiger partial charge in [-0.2, -0.15) is 5.10 Å². The second kappa shape index (κ2) is 9.72. The van der Waals surface area contributed by atoms with E-state index in [1.165, 1.54) is 12.1 Å². The topological polar surface area (TPSA) is 108 Å². The van der Waals surface area contributed by atoms with E-state index in [9.17, 15) is 14.3 Å². The van der Waals surface area contributed by atoms with Gasteiger partial charge in [-0.25, -0.2) is 23.8 Å². The fourth-order valence-corrected chi connectivity index (χ4v) is 3.80. The van der Waals surface area contributed by atoms with Gasteiger partial charge in [0.25, 0.3) is 0 Å². The Hall–Kier alpha value is -3.24. The van der Waals surface area contributed by atoms with Gasteiger partial charge in [0.15, 0.2) is 0 Å². The molecule has 2 aromatic heterocycles. The van der Waals surface area contributed by atoms with Crippen LogP contribution in [0.15, 0.2) is 36.7 Å². The van der Waals surface area contributed by atoms with Gasteiger partial charge in [0.1, 0.15) is 11.6 Å². The van der Waals surface area contributed by atoms with E-state index in [1.807, 2.05) is 24.6 Å². The monoisotopic (exact) mass is 473 g/mol. The maximum absolute atomic E-state index is 13.8. The molecule has 4 rings (SSSR count). The number of carbonyl (C=O) groups excluding carboxylic acids is 1. The highest BCUT2D eigenvalue weighted by molar-refractivity contribution is 6.30. The van der Waals surface area contributed by atoms with Crippen LogP contribution in [0, 0.1) is 5.82 Å². The molecule has 33 heavy (non-hydrogen) atoms. The molecule has 1 aromatic carbocycles. The first-order valence-electron chi connectivity index (χ1n) is 10.6. The molecule has 0 unspecified atom stereocenters. The summed E-state index contributed by atoms with van der Waals surface area (Å²) in [7, 11) is 0. The number of urea groups is 1. The van der Waals surface area contributed by atoms with Crippen molar-refractivity contribution < 1.29 is 14.3 Å². The molecule has 9 nitrogen and oxygen atoms in total. The standard InChI is InChI=1S/C22H25ClFN7O2/c1-13(2)31-20(5-7-26-31)29-21-25-10-15-6-8-30(11-18(15)27-21)22(33)28-19(12-32)14-3-4-16(23)17(24)9-14/h3-5,7,9-10,13,19,32H,6,8,11-12H2,1-2H3,(H,28,33)(H,25,27,29)/t19-/m1/s1. The van der Waals surface area contributed by atoms with Crippen LogP contribution in [0.4, 0.5) is 21.0 Å². The van der Waals surface area contributed by atoms with Crippen molar-refractivity contribution in [3.8, 4) is 0 Å². The predicted octanol–water partition coefficient (Wildman–Crippen LogP) is 3.59. The number of aliphatic hydroxyl groups is 1. The summed E-state index contributed by atoms with van der Waals surface area (Å²) in [6, 6.07) is 5.07. The number of aliphatic hydroxyl groups excluding tert-OH is 1. The molecular weight excluding hydrogens is 449 g/mol. The summed E-state index contributed by atoms with van der Waals surface area (Å²) in [5.41, 5.74) is 2.14. The molecule has 174 valence electrons. The minimum Gasteiger partial charge on any atom is -0.394 e. The number of fused-ring (bicyclic) bond motifs is 1. The predicted molar refractivity (Wildman–Crippen MR) is 122 cm³/mol. The summed E-state index contributed by atoms with van der Waals surface area (Å²) in [6.07, 6.45) is 4.08. The first-order chi connectivity index (χ1) is 15.9. The first-order valence-corrected chi connectivity index (χ1v) is 11.0. The fourth-order valence-electron chi connectivity index (χ4n) is 3.68. The average molecular weight is 474 g/mol. The SMILES string of the molecule is CC(C)n1nccc1Nc1ncc2c(n1)CN(C(=O)N[C@H](CO)c1ccc(Cl)c(F)c1)CC2. The van der Waals surface area contributed by atoms with E-state index in [0.717, 1.165) is 17.1 Å². The lowest BCUT2D eigenvalue weighted by Gasteiger charge is -2.30. The van der Waals surface area contributed by atoms with Crippen LogP contribution in [-0.4, -0.2) is 48.9 Å². The quantitative estimate of drug-likeness (QED) is 0.505. The Morgan fingerprint density at radius 1 is 1.33 bits per heavy atom. The van der Waals surface area contributed by atoms with E-state index >= 15 is 0 Å². The number of rotatable bonds is 6. The highest BCUT2D eigenvalue weighted by Crippen LogP contribution is 2.23. The number of hydrogen-bond donors (Lipinski definition) is 3. The van der Waals surface area contributed by atoms with Crippen LogP contribution in [0.2, 0.25) is 5.02 Å². The van der Waals surface area contributed by atoms with Crippen molar-refractivity contribution in [1.82, 2.24) is 30.0 Å². The summed E-state index contributed by atoms with van der Waals surface area (Å²) in [5.74, 6) is 0.587. The number of anilines is 2. The van der Waals surface area contributed by atoms with Crippen molar-refractivity contribution in [2.45, 2.75) is 38.9 Å². The summed E-state index contributed by atoms with van der Waals surface area (Å²) in [6.45, 7) is 4.44. The van der Waals surface area contributed by atoms with Gasteiger partial charge >= 0.3 is 6.03 Å². The number of nitrogens with zero attached hydrogens (tertiary/aromatic N) is 5. The number of halogens is 2. The Morgan fingerprint density at radius 3 is 2.88 bits per heavy atom. The third-order valence-electron chi connectivity index (χ3n) is 5.46. The third kappa shape index (κ3) is 5.07. The van der Waals surface area contributed by atoms with Crippen molar-refractivity contribution in [2.75, 3.05) is 18.5 Å². The van der Waals surface area contributed by atoms with Gasteiger partial charge in [-0.1, -0.05) is 17.7 Å².